The first kappa shape index (κ1) is 15.8. The molecule has 0 bridgehead atoms. The molecule has 1 atom stereocenters. The van der Waals surface area contributed by atoms with Crippen LogP contribution in [0.3, 0.4) is 0 Å². The van der Waals surface area contributed by atoms with Gasteiger partial charge in [-0.1, -0.05) is 12.1 Å². The molecule has 23 heavy (non-hydrogen) atoms. The van der Waals surface area contributed by atoms with Crippen LogP contribution in [0.15, 0.2) is 33.5 Å². The number of nitrogens with zero attached hydrogens (tertiary/aromatic N) is 2. The van der Waals surface area contributed by atoms with Crippen LogP contribution in [-0.2, 0) is 11.3 Å². The van der Waals surface area contributed by atoms with Gasteiger partial charge in [-0.05, 0) is 37.8 Å². The normalized spacial score (nSPS) is 17.6. The van der Waals surface area contributed by atoms with Gasteiger partial charge in [-0.25, -0.2) is 4.79 Å². The number of amides is 1. The van der Waals surface area contributed by atoms with Crippen LogP contribution in [0.5, 0.6) is 0 Å². The molecule has 1 aliphatic rings. The summed E-state index contributed by atoms with van der Waals surface area (Å²) in [6.07, 6.45) is 1.63. The van der Waals surface area contributed by atoms with Crippen molar-refractivity contribution in [3.8, 4) is 0 Å². The molecular weight excluding hydrogens is 296 g/mol. The largest absolute Gasteiger partial charge is 0.419 e. The Bertz CT molecular complexity index is 738. The van der Waals surface area contributed by atoms with E-state index in [0.717, 1.165) is 18.4 Å². The molecule has 1 aromatic carbocycles. The molecule has 0 radical (unpaired) electrons. The summed E-state index contributed by atoms with van der Waals surface area (Å²) in [4.78, 5) is 26.0. The fraction of sp³-hybridized carbons (Fsp3) is 0.529. The van der Waals surface area contributed by atoms with Gasteiger partial charge in [0.25, 0.3) is 0 Å². The highest BCUT2D eigenvalue weighted by Gasteiger charge is 2.25. The number of fused-ring (bicyclic) bond motifs is 1. The smallest absolute Gasteiger partial charge is 0.408 e. The lowest BCUT2D eigenvalue weighted by Gasteiger charge is -2.33. The van der Waals surface area contributed by atoms with E-state index in [2.05, 4.69) is 0 Å². The molecule has 6 heteroatoms. The average Bonchev–Trinajstić information content (AvgIpc) is 2.88. The van der Waals surface area contributed by atoms with Crippen molar-refractivity contribution in [3.63, 3.8) is 0 Å². The predicted octanol–water partition coefficient (Wildman–Crippen LogP) is 1.60. The van der Waals surface area contributed by atoms with Crippen molar-refractivity contribution < 1.29 is 14.3 Å². The third kappa shape index (κ3) is 3.32. The maximum atomic E-state index is 12.3. The van der Waals surface area contributed by atoms with Gasteiger partial charge in [-0.2, -0.15) is 0 Å². The third-order valence-corrected chi connectivity index (χ3v) is 4.70. The highest BCUT2D eigenvalue weighted by Crippen LogP contribution is 2.21. The van der Waals surface area contributed by atoms with Crippen LogP contribution < -0.4 is 5.76 Å². The number of hydrogen-bond donors (Lipinski definition) is 1. The standard InChI is InChI=1S/C17H22N2O4/c1-12(20)13-6-9-18(10-7-13)16(21)8-11-19-14-4-2-3-5-15(14)23-17(19)22/h2-5,12-13,20H,6-11H2,1H3. The van der Waals surface area contributed by atoms with Crippen molar-refractivity contribution >= 4 is 17.0 Å². The van der Waals surface area contributed by atoms with Crippen molar-refractivity contribution in [2.75, 3.05) is 13.1 Å². The molecule has 1 fully saturated rings. The topological polar surface area (TPSA) is 75.7 Å². The van der Waals surface area contributed by atoms with Crippen LogP contribution in [-0.4, -0.2) is 39.7 Å². The minimum Gasteiger partial charge on any atom is -0.408 e. The van der Waals surface area contributed by atoms with Crippen LogP contribution in [0.1, 0.15) is 26.2 Å². The Hall–Kier alpha value is -2.08. The summed E-state index contributed by atoms with van der Waals surface area (Å²) in [6, 6.07) is 7.22. The SMILES string of the molecule is CC(O)C1CCN(C(=O)CCn2c(=O)oc3ccccc32)CC1. The fourth-order valence-corrected chi connectivity index (χ4v) is 3.22. The minimum absolute atomic E-state index is 0.0474. The first-order chi connectivity index (χ1) is 11.1. The maximum Gasteiger partial charge on any atom is 0.419 e. The Morgan fingerprint density at radius 1 is 1.35 bits per heavy atom. The number of aliphatic hydroxyl groups excluding tert-OH is 1. The lowest BCUT2D eigenvalue weighted by Crippen LogP contribution is -2.41. The first-order valence-electron chi connectivity index (χ1n) is 8.10. The number of benzene rings is 1. The van der Waals surface area contributed by atoms with Gasteiger partial charge in [-0.15, -0.1) is 0 Å². The molecule has 2 aromatic rings. The Balaban J connectivity index is 1.61. The highest BCUT2D eigenvalue weighted by molar-refractivity contribution is 5.77. The number of carbonyl (C=O) groups excluding carboxylic acids is 1. The molecule has 1 aromatic heterocycles. The van der Waals surface area contributed by atoms with Crippen LogP contribution in [0.4, 0.5) is 0 Å². The second-order valence-electron chi connectivity index (χ2n) is 6.20. The summed E-state index contributed by atoms with van der Waals surface area (Å²) < 4.78 is 6.68. The second kappa shape index (κ2) is 6.58. The van der Waals surface area contributed by atoms with Crippen molar-refractivity contribution in [1.29, 1.82) is 0 Å². The summed E-state index contributed by atoms with van der Waals surface area (Å²) >= 11 is 0. The molecule has 3 rings (SSSR count). The predicted molar refractivity (Wildman–Crippen MR) is 86.1 cm³/mol. The number of hydrogen-bond acceptors (Lipinski definition) is 4. The van der Waals surface area contributed by atoms with E-state index in [-0.39, 0.29) is 24.3 Å². The van der Waals surface area contributed by atoms with Crippen LogP contribution in [0.25, 0.3) is 11.1 Å². The molecule has 0 spiro atoms. The molecule has 0 aliphatic carbocycles. The van der Waals surface area contributed by atoms with Crippen molar-refractivity contribution in [3.05, 3.63) is 34.8 Å². The van der Waals surface area contributed by atoms with Gasteiger partial charge in [-0.3, -0.25) is 9.36 Å². The van der Waals surface area contributed by atoms with E-state index >= 15 is 0 Å². The van der Waals surface area contributed by atoms with E-state index in [9.17, 15) is 14.7 Å². The lowest BCUT2D eigenvalue weighted by atomic mass is 9.92. The number of para-hydroxylation sites is 2. The van der Waals surface area contributed by atoms with E-state index < -0.39 is 5.76 Å². The molecule has 0 saturated carbocycles. The Kier molecular flexibility index (Phi) is 4.52. The minimum atomic E-state index is -0.424. The van der Waals surface area contributed by atoms with Crippen LogP contribution in [0, 0.1) is 5.92 Å². The summed E-state index contributed by atoms with van der Waals surface area (Å²) in [6.45, 7) is 3.48. The molecule has 1 N–H and O–H groups in total. The Labute approximate surface area is 134 Å². The van der Waals surface area contributed by atoms with Gasteiger partial charge < -0.3 is 14.4 Å². The van der Waals surface area contributed by atoms with E-state index in [1.54, 1.807) is 13.0 Å². The zero-order valence-electron chi connectivity index (χ0n) is 13.3. The van der Waals surface area contributed by atoms with E-state index in [1.807, 2.05) is 23.1 Å². The van der Waals surface area contributed by atoms with E-state index in [4.69, 9.17) is 4.42 Å². The van der Waals surface area contributed by atoms with E-state index in [1.165, 1.54) is 4.57 Å². The number of aromatic nitrogens is 1. The number of aryl methyl sites for hydroxylation is 1. The van der Waals surface area contributed by atoms with Gasteiger partial charge in [0.05, 0.1) is 11.6 Å². The summed E-state index contributed by atoms with van der Waals surface area (Å²) in [5.41, 5.74) is 1.26. The lowest BCUT2D eigenvalue weighted by molar-refractivity contribution is -0.133. The summed E-state index contributed by atoms with van der Waals surface area (Å²) in [7, 11) is 0. The zero-order valence-corrected chi connectivity index (χ0v) is 13.3. The monoisotopic (exact) mass is 318 g/mol. The number of oxazole rings is 1. The number of aliphatic hydroxyl groups is 1. The number of rotatable bonds is 4. The summed E-state index contributed by atoms with van der Waals surface area (Å²) in [5.74, 6) is -0.0995. The summed E-state index contributed by atoms with van der Waals surface area (Å²) in [5, 5.41) is 9.61. The van der Waals surface area contributed by atoms with Crippen molar-refractivity contribution in [1.82, 2.24) is 9.47 Å². The quantitative estimate of drug-likeness (QED) is 0.929. The number of carbonyl (C=O) groups is 1. The highest BCUT2D eigenvalue weighted by atomic mass is 16.4. The second-order valence-corrected chi connectivity index (χ2v) is 6.20. The third-order valence-electron chi connectivity index (χ3n) is 4.70. The van der Waals surface area contributed by atoms with Gasteiger partial charge in [0.15, 0.2) is 5.58 Å². The molecule has 2 heterocycles. The maximum absolute atomic E-state index is 12.3. The van der Waals surface area contributed by atoms with Gasteiger partial charge >= 0.3 is 5.76 Å². The molecule has 1 aliphatic heterocycles. The number of likely N-dealkylation sites (tertiary alicyclic amines) is 1. The average molecular weight is 318 g/mol. The molecular formula is C17H22N2O4. The van der Waals surface area contributed by atoms with Gasteiger partial charge in [0, 0.05) is 26.1 Å². The Morgan fingerprint density at radius 3 is 2.74 bits per heavy atom. The Morgan fingerprint density at radius 2 is 2.04 bits per heavy atom. The van der Waals surface area contributed by atoms with E-state index in [0.29, 0.717) is 25.2 Å². The van der Waals surface area contributed by atoms with Crippen LogP contribution >= 0.6 is 0 Å². The molecule has 1 amide bonds. The van der Waals surface area contributed by atoms with Crippen molar-refractivity contribution in [2.24, 2.45) is 5.92 Å². The molecule has 124 valence electrons. The zero-order chi connectivity index (χ0) is 16.4. The van der Waals surface area contributed by atoms with Crippen molar-refractivity contribution in [2.45, 2.75) is 38.8 Å². The number of piperidine rings is 1. The van der Waals surface area contributed by atoms with Crippen LogP contribution in [0.2, 0.25) is 0 Å². The molecule has 1 unspecified atom stereocenters. The van der Waals surface area contributed by atoms with Gasteiger partial charge in [0.1, 0.15) is 0 Å². The van der Waals surface area contributed by atoms with Gasteiger partial charge in [0.2, 0.25) is 5.91 Å². The molecule has 1 saturated heterocycles. The molecule has 6 nitrogen and oxygen atoms in total. The first-order valence-corrected chi connectivity index (χ1v) is 8.10. The fourth-order valence-electron chi connectivity index (χ4n) is 3.22.